The molecular formula is C19H20ClN3O5. The summed E-state index contributed by atoms with van der Waals surface area (Å²) in [5, 5.41) is 0.681. The second-order valence-corrected chi connectivity index (χ2v) is 7.57. The number of nitrogens with two attached hydrogens (primary N) is 1. The number of ether oxygens (including phenoxy) is 2. The van der Waals surface area contributed by atoms with Crippen molar-refractivity contribution in [2.75, 3.05) is 13.1 Å². The molecule has 2 N–H and O–H groups in total. The van der Waals surface area contributed by atoms with Crippen molar-refractivity contribution in [2.24, 2.45) is 17.6 Å². The maximum atomic E-state index is 12.3. The lowest BCUT2D eigenvalue weighted by Crippen LogP contribution is -2.31. The summed E-state index contributed by atoms with van der Waals surface area (Å²) in [6.45, 7) is 1.14. The molecule has 1 aliphatic heterocycles. The lowest BCUT2D eigenvalue weighted by atomic mass is 10.0. The van der Waals surface area contributed by atoms with Crippen molar-refractivity contribution < 1.29 is 23.5 Å². The number of halogens is 1. The van der Waals surface area contributed by atoms with Crippen molar-refractivity contribution >= 4 is 23.6 Å². The Morgan fingerprint density at radius 2 is 1.89 bits per heavy atom. The van der Waals surface area contributed by atoms with E-state index in [1.807, 2.05) is 24.3 Å². The molecule has 1 saturated carbocycles. The zero-order valence-corrected chi connectivity index (χ0v) is 15.8. The Balaban J connectivity index is 1.24. The predicted molar refractivity (Wildman–Crippen MR) is 98.9 cm³/mol. The zero-order valence-electron chi connectivity index (χ0n) is 15.0. The van der Waals surface area contributed by atoms with Crippen LogP contribution in [0.1, 0.15) is 29.2 Å². The van der Waals surface area contributed by atoms with Crippen molar-refractivity contribution in [1.29, 1.82) is 0 Å². The molecule has 28 heavy (non-hydrogen) atoms. The van der Waals surface area contributed by atoms with E-state index in [9.17, 15) is 9.59 Å². The molecular weight excluding hydrogens is 386 g/mol. The highest BCUT2D eigenvalue weighted by Crippen LogP contribution is 2.40. The van der Waals surface area contributed by atoms with Gasteiger partial charge >= 0.3 is 6.09 Å². The SMILES string of the molecule is NC(=O)c1coc(COC(=O)N2C[C@H]3C[C@@H](Oc4ccc(Cl)cc4)C[C@H]3C2)n1. The van der Waals surface area contributed by atoms with Crippen LogP contribution in [0.5, 0.6) is 5.75 Å². The maximum absolute atomic E-state index is 12.3. The van der Waals surface area contributed by atoms with Crippen LogP contribution in [0.15, 0.2) is 34.9 Å². The smallest absolute Gasteiger partial charge is 0.410 e. The molecule has 0 spiro atoms. The molecule has 1 saturated heterocycles. The van der Waals surface area contributed by atoms with Gasteiger partial charge < -0.3 is 24.5 Å². The number of amides is 2. The highest BCUT2D eigenvalue weighted by Gasteiger charge is 2.43. The third kappa shape index (κ3) is 4.06. The molecule has 3 atom stereocenters. The van der Waals surface area contributed by atoms with Gasteiger partial charge in [0.25, 0.3) is 5.91 Å². The first-order chi connectivity index (χ1) is 13.5. The van der Waals surface area contributed by atoms with E-state index in [-0.39, 0.29) is 24.3 Å². The Bertz CT molecular complexity index is 855. The number of hydrogen-bond acceptors (Lipinski definition) is 6. The highest BCUT2D eigenvalue weighted by molar-refractivity contribution is 6.30. The molecule has 2 aliphatic rings. The van der Waals surface area contributed by atoms with Crippen molar-refractivity contribution in [3.63, 3.8) is 0 Å². The fourth-order valence-corrected chi connectivity index (χ4v) is 4.03. The van der Waals surface area contributed by atoms with E-state index in [4.69, 9.17) is 31.2 Å². The summed E-state index contributed by atoms with van der Waals surface area (Å²) in [5.74, 6) is 1.05. The molecule has 2 aromatic rings. The minimum absolute atomic E-state index is 0.00785. The average Bonchev–Trinajstić information content (AvgIpc) is 3.36. The fraction of sp³-hybridized carbons (Fsp3) is 0.421. The van der Waals surface area contributed by atoms with Crippen LogP contribution in [0.25, 0.3) is 0 Å². The summed E-state index contributed by atoms with van der Waals surface area (Å²) >= 11 is 5.90. The van der Waals surface area contributed by atoms with Gasteiger partial charge in [0.1, 0.15) is 12.0 Å². The average molecular weight is 406 g/mol. The standard InChI is InChI=1S/C19H20ClN3O5/c20-13-1-3-14(4-2-13)28-15-5-11-7-23(8-12(11)6-15)19(25)27-10-17-22-16(9-26-17)18(21)24/h1-4,9,11-12,15H,5-8,10H2,(H2,21,24)/t11-,12+,15-. The molecule has 4 rings (SSSR count). The molecule has 1 aromatic heterocycles. The summed E-state index contributed by atoms with van der Waals surface area (Å²) in [4.78, 5) is 28.9. The van der Waals surface area contributed by atoms with Gasteiger partial charge in [0.15, 0.2) is 12.3 Å². The number of benzene rings is 1. The second-order valence-electron chi connectivity index (χ2n) is 7.14. The van der Waals surface area contributed by atoms with Crippen LogP contribution in [0.4, 0.5) is 4.79 Å². The molecule has 0 bridgehead atoms. The first-order valence-electron chi connectivity index (χ1n) is 9.06. The van der Waals surface area contributed by atoms with Crippen LogP contribution in [0, 0.1) is 11.8 Å². The van der Waals surface area contributed by atoms with Gasteiger partial charge in [0, 0.05) is 18.1 Å². The van der Waals surface area contributed by atoms with E-state index < -0.39 is 12.0 Å². The third-order valence-electron chi connectivity index (χ3n) is 5.21. The van der Waals surface area contributed by atoms with Crippen LogP contribution >= 0.6 is 11.6 Å². The third-order valence-corrected chi connectivity index (χ3v) is 5.46. The Labute approximate surface area is 166 Å². The quantitative estimate of drug-likeness (QED) is 0.819. The Hall–Kier alpha value is -2.74. The summed E-state index contributed by atoms with van der Waals surface area (Å²) < 4.78 is 16.3. The number of carbonyl (C=O) groups is 2. The van der Waals surface area contributed by atoms with Gasteiger partial charge in [-0.1, -0.05) is 11.6 Å². The van der Waals surface area contributed by atoms with Gasteiger partial charge in [0.2, 0.25) is 5.89 Å². The number of carbonyl (C=O) groups excluding carboxylic acids is 2. The Morgan fingerprint density at radius 1 is 1.21 bits per heavy atom. The normalized spacial score (nSPS) is 23.5. The van der Waals surface area contributed by atoms with Gasteiger partial charge in [0.05, 0.1) is 6.10 Å². The zero-order chi connectivity index (χ0) is 19.7. The molecule has 2 fully saturated rings. The van der Waals surface area contributed by atoms with Crippen LogP contribution in [0.3, 0.4) is 0 Å². The molecule has 2 amide bonds. The molecule has 0 radical (unpaired) electrons. The number of primary amides is 1. The number of nitrogens with zero attached hydrogens (tertiary/aromatic N) is 2. The van der Waals surface area contributed by atoms with Crippen molar-refractivity contribution in [3.8, 4) is 5.75 Å². The van der Waals surface area contributed by atoms with E-state index in [2.05, 4.69) is 4.98 Å². The number of likely N-dealkylation sites (tertiary alicyclic amines) is 1. The minimum Gasteiger partial charge on any atom is -0.490 e. The second kappa shape index (κ2) is 7.71. The van der Waals surface area contributed by atoms with Gasteiger partial charge in [-0.05, 0) is 48.9 Å². The molecule has 9 heteroatoms. The summed E-state index contributed by atoms with van der Waals surface area (Å²) in [6, 6.07) is 7.36. The highest BCUT2D eigenvalue weighted by atomic mass is 35.5. The minimum atomic E-state index is -0.691. The van der Waals surface area contributed by atoms with E-state index in [0.717, 1.165) is 24.9 Å². The Kier molecular flexibility index (Phi) is 5.13. The summed E-state index contributed by atoms with van der Waals surface area (Å²) in [6.07, 6.45) is 2.68. The maximum Gasteiger partial charge on any atom is 0.410 e. The monoisotopic (exact) mass is 405 g/mol. The fourth-order valence-electron chi connectivity index (χ4n) is 3.90. The molecule has 2 heterocycles. The molecule has 0 unspecified atom stereocenters. The van der Waals surface area contributed by atoms with Crippen molar-refractivity contribution in [3.05, 3.63) is 47.1 Å². The lowest BCUT2D eigenvalue weighted by Gasteiger charge is -2.19. The van der Waals surface area contributed by atoms with Gasteiger partial charge in [-0.25, -0.2) is 9.78 Å². The number of hydrogen-bond donors (Lipinski definition) is 1. The van der Waals surface area contributed by atoms with Crippen molar-refractivity contribution in [2.45, 2.75) is 25.6 Å². The molecule has 8 nitrogen and oxygen atoms in total. The number of fused-ring (bicyclic) bond motifs is 1. The topological polar surface area (TPSA) is 108 Å². The largest absolute Gasteiger partial charge is 0.490 e. The van der Waals surface area contributed by atoms with E-state index in [1.54, 1.807) is 4.90 Å². The van der Waals surface area contributed by atoms with Crippen LogP contribution in [-0.4, -0.2) is 41.1 Å². The molecule has 1 aliphatic carbocycles. The van der Waals surface area contributed by atoms with Crippen LogP contribution in [-0.2, 0) is 11.3 Å². The number of aromatic nitrogens is 1. The summed E-state index contributed by atoms with van der Waals surface area (Å²) in [5.41, 5.74) is 5.12. The van der Waals surface area contributed by atoms with Crippen molar-refractivity contribution in [1.82, 2.24) is 9.88 Å². The molecule has 1 aromatic carbocycles. The van der Waals surface area contributed by atoms with Gasteiger partial charge in [-0.2, -0.15) is 0 Å². The first-order valence-corrected chi connectivity index (χ1v) is 9.44. The van der Waals surface area contributed by atoms with Crippen LogP contribution < -0.4 is 10.5 Å². The van der Waals surface area contributed by atoms with E-state index in [0.29, 0.717) is 29.9 Å². The number of oxazole rings is 1. The lowest BCUT2D eigenvalue weighted by molar-refractivity contribution is 0.0908. The van der Waals surface area contributed by atoms with Crippen LogP contribution in [0.2, 0.25) is 5.02 Å². The summed E-state index contributed by atoms with van der Waals surface area (Å²) in [7, 11) is 0. The molecule has 148 valence electrons. The first kappa shape index (κ1) is 18.6. The Morgan fingerprint density at radius 3 is 2.50 bits per heavy atom. The van der Waals surface area contributed by atoms with E-state index in [1.165, 1.54) is 0 Å². The van der Waals surface area contributed by atoms with E-state index >= 15 is 0 Å². The number of rotatable bonds is 5. The van der Waals surface area contributed by atoms with Gasteiger partial charge in [-0.15, -0.1) is 0 Å². The predicted octanol–water partition coefficient (Wildman–Crippen LogP) is 2.85. The van der Waals surface area contributed by atoms with Gasteiger partial charge in [-0.3, -0.25) is 4.79 Å².